The van der Waals surface area contributed by atoms with Gasteiger partial charge in [0.2, 0.25) is 5.91 Å². The topological polar surface area (TPSA) is 54.0 Å². The lowest BCUT2D eigenvalue weighted by molar-refractivity contribution is -0.121. The summed E-state index contributed by atoms with van der Waals surface area (Å²) in [6.07, 6.45) is 3.30. The molecule has 1 heterocycles. The fourth-order valence-electron chi connectivity index (χ4n) is 1.25. The van der Waals surface area contributed by atoms with Gasteiger partial charge in [-0.15, -0.1) is 0 Å². The quantitative estimate of drug-likeness (QED) is 0.784. The molecule has 0 spiro atoms. The van der Waals surface area contributed by atoms with Gasteiger partial charge < -0.3 is 10.6 Å². The van der Waals surface area contributed by atoms with Gasteiger partial charge in [0.25, 0.3) is 0 Å². The van der Waals surface area contributed by atoms with Crippen LogP contribution in [-0.2, 0) is 4.79 Å². The van der Waals surface area contributed by atoms with E-state index in [0.717, 1.165) is 6.54 Å². The van der Waals surface area contributed by atoms with E-state index in [0.29, 0.717) is 5.69 Å². The van der Waals surface area contributed by atoms with E-state index in [1.807, 2.05) is 26.8 Å². The monoisotopic (exact) mass is 207 g/mol. The molecule has 1 aromatic rings. The third kappa shape index (κ3) is 3.32. The molecule has 0 saturated carbocycles. The van der Waals surface area contributed by atoms with E-state index in [9.17, 15) is 4.79 Å². The lowest BCUT2D eigenvalue weighted by Crippen LogP contribution is -2.49. The highest BCUT2D eigenvalue weighted by Crippen LogP contribution is 2.08. The molecule has 15 heavy (non-hydrogen) atoms. The number of amides is 1. The molecule has 4 heteroatoms. The number of nitrogens with zero attached hydrogens (tertiary/aromatic N) is 1. The van der Waals surface area contributed by atoms with Crippen LogP contribution in [0, 0.1) is 0 Å². The first-order valence-corrected chi connectivity index (χ1v) is 5.03. The minimum atomic E-state index is -0.565. The lowest BCUT2D eigenvalue weighted by atomic mass is 10.0. The summed E-state index contributed by atoms with van der Waals surface area (Å²) in [5.74, 6) is -0.0580. The molecule has 0 aliphatic heterocycles. The Balaban J connectivity index is 2.63. The van der Waals surface area contributed by atoms with Crippen LogP contribution in [0.15, 0.2) is 24.5 Å². The molecular formula is C11H17N3O. The third-order valence-corrected chi connectivity index (χ3v) is 2.11. The molecular weight excluding hydrogens is 190 g/mol. The number of nitrogens with one attached hydrogen (secondary N) is 2. The van der Waals surface area contributed by atoms with Crippen LogP contribution in [0.5, 0.6) is 0 Å². The largest absolute Gasteiger partial charge is 0.323 e. The van der Waals surface area contributed by atoms with Crippen molar-refractivity contribution in [2.45, 2.75) is 26.3 Å². The zero-order chi connectivity index (χ0) is 11.3. The van der Waals surface area contributed by atoms with Crippen LogP contribution >= 0.6 is 0 Å². The molecule has 0 atom stereocenters. The number of carbonyl (C=O) groups is 1. The van der Waals surface area contributed by atoms with Gasteiger partial charge in [-0.3, -0.25) is 9.78 Å². The second-order valence-corrected chi connectivity index (χ2v) is 3.85. The van der Waals surface area contributed by atoms with Gasteiger partial charge in [-0.1, -0.05) is 6.92 Å². The minimum Gasteiger partial charge on any atom is -0.323 e. The average Bonchev–Trinajstić information content (AvgIpc) is 2.19. The molecule has 0 aromatic carbocycles. The number of pyridine rings is 1. The molecule has 0 unspecified atom stereocenters. The maximum Gasteiger partial charge on any atom is 0.244 e. The molecule has 0 bridgehead atoms. The summed E-state index contributed by atoms with van der Waals surface area (Å²) >= 11 is 0. The number of anilines is 1. The highest BCUT2D eigenvalue weighted by molar-refractivity contribution is 5.97. The second-order valence-electron chi connectivity index (χ2n) is 3.85. The van der Waals surface area contributed by atoms with Gasteiger partial charge >= 0.3 is 0 Å². The summed E-state index contributed by atoms with van der Waals surface area (Å²) in [6, 6.07) is 3.60. The Labute approximate surface area is 90.1 Å². The van der Waals surface area contributed by atoms with Gasteiger partial charge in [0, 0.05) is 6.20 Å². The first-order valence-electron chi connectivity index (χ1n) is 5.03. The number of hydrogen-bond acceptors (Lipinski definition) is 3. The van der Waals surface area contributed by atoms with E-state index in [-0.39, 0.29) is 5.91 Å². The van der Waals surface area contributed by atoms with Gasteiger partial charge in [-0.2, -0.15) is 0 Å². The number of carbonyl (C=O) groups excluding carboxylic acids is 1. The van der Waals surface area contributed by atoms with E-state index < -0.39 is 5.54 Å². The van der Waals surface area contributed by atoms with Crippen molar-refractivity contribution in [3.05, 3.63) is 24.5 Å². The van der Waals surface area contributed by atoms with Crippen LogP contribution in [0.25, 0.3) is 0 Å². The third-order valence-electron chi connectivity index (χ3n) is 2.11. The van der Waals surface area contributed by atoms with Crippen LogP contribution < -0.4 is 10.6 Å². The van der Waals surface area contributed by atoms with Gasteiger partial charge in [0.05, 0.1) is 17.4 Å². The predicted molar refractivity (Wildman–Crippen MR) is 60.6 cm³/mol. The summed E-state index contributed by atoms with van der Waals surface area (Å²) in [7, 11) is 0. The molecule has 0 radical (unpaired) electrons. The fourth-order valence-corrected chi connectivity index (χ4v) is 1.25. The molecule has 0 saturated heterocycles. The van der Waals surface area contributed by atoms with Gasteiger partial charge in [-0.25, -0.2) is 0 Å². The first-order chi connectivity index (χ1) is 7.06. The molecule has 0 aliphatic rings. The molecule has 1 aromatic heterocycles. The van der Waals surface area contributed by atoms with Crippen LogP contribution in [0.3, 0.4) is 0 Å². The van der Waals surface area contributed by atoms with E-state index >= 15 is 0 Å². The van der Waals surface area contributed by atoms with Crippen molar-refractivity contribution in [2.75, 3.05) is 11.9 Å². The summed E-state index contributed by atoms with van der Waals surface area (Å²) in [5, 5.41) is 5.91. The first kappa shape index (κ1) is 11.7. The molecule has 1 amide bonds. The van der Waals surface area contributed by atoms with Crippen molar-refractivity contribution in [1.82, 2.24) is 10.3 Å². The molecule has 2 N–H and O–H groups in total. The second kappa shape index (κ2) is 4.89. The number of hydrogen-bond donors (Lipinski definition) is 2. The maximum absolute atomic E-state index is 11.8. The number of likely N-dealkylation sites (N-methyl/N-ethyl adjacent to an activating group) is 1. The zero-order valence-electron chi connectivity index (χ0n) is 9.37. The minimum absolute atomic E-state index is 0.0580. The van der Waals surface area contributed by atoms with Crippen LogP contribution in [0.4, 0.5) is 5.69 Å². The van der Waals surface area contributed by atoms with Crippen molar-refractivity contribution in [1.29, 1.82) is 0 Å². The molecule has 0 fully saturated rings. The van der Waals surface area contributed by atoms with Crippen LogP contribution in [-0.4, -0.2) is 23.0 Å². The van der Waals surface area contributed by atoms with Crippen LogP contribution in [0.1, 0.15) is 20.8 Å². The summed E-state index contributed by atoms with van der Waals surface area (Å²) in [4.78, 5) is 15.8. The van der Waals surface area contributed by atoms with E-state index in [1.165, 1.54) is 0 Å². The average molecular weight is 207 g/mol. The van der Waals surface area contributed by atoms with Crippen molar-refractivity contribution in [3.8, 4) is 0 Å². The summed E-state index contributed by atoms with van der Waals surface area (Å²) in [5.41, 5.74) is 0.151. The van der Waals surface area contributed by atoms with Crippen molar-refractivity contribution in [3.63, 3.8) is 0 Å². The lowest BCUT2D eigenvalue weighted by Gasteiger charge is -2.24. The van der Waals surface area contributed by atoms with Crippen molar-refractivity contribution in [2.24, 2.45) is 0 Å². The molecule has 0 aliphatic carbocycles. The Morgan fingerprint density at radius 3 is 2.80 bits per heavy atom. The highest BCUT2D eigenvalue weighted by Gasteiger charge is 2.25. The molecule has 82 valence electrons. The number of rotatable bonds is 4. The van der Waals surface area contributed by atoms with Gasteiger partial charge in [0.15, 0.2) is 0 Å². The fraction of sp³-hybridized carbons (Fsp3) is 0.455. The smallest absolute Gasteiger partial charge is 0.244 e. The Morgan fingerprint density at radius 2 is 2.27 bits per heavy atom. The van der Waals surface area contributed by atoms with E-state index in [2.05, 4.69) is 15.6 Å². The van der Waals surface area contributed by atoms with Gasteiger partial charge in [0.1, 0.15) is 0 Å². The van der Waals surface area contributed by atoms with Gasteiger partial charge in [-0.05, 0) is 32.5 Å². The Kier molecular flexibility index (Phi) is 3.80. The predicted octanol–water partition coefficient (Wildman–Crippen LogP) is 1.41. The normalized spacial score (nSPS) is 11.1. The SMILES string of the molecule is CCNC(C)(C)C(=O)Nc1cccnc1. The van der Waals surface area contributed by atoms with Crippen molar-refractivity contribution >= 4 is 11.6 Å². The summed E-state index contributed by atoms with van der Waals surface area (Å²) in [6.45, 7) is 6.43. The van der Waals surface area contributed by atoms with E-state index in [1.54, 1.807) is 18.5 Å². The highest BCUT2D eigenvalue weighted by atomic mass is 16.2. The molecule has 4 nitrogen and oxygen atoms in total. The Bertz CT molecular complexity index is 322. The van der Waals surface area contributed by atoms with E-state index in [4.69, 9.17) is 0 Å². The van der Waals surface area contributed by atoms with Crippen LogP contribution in [0.2, 0.25) is 0 Å². The molecule has 1 rings (SSSR count). The Morgan fingerprint density at radius 1 is 1.53 bits per heavy atom. The Hall–Kier alpha value is -1.42. The maximum atomic E-state index is 11.8. The summed E-state index contributed by atoms with van der Waals surface area (Å²) < 4.78 is 0. The standard InChI is InChI=1S/C11H17N3O/c1-4-13-11(2,3)10(15)14-9-6-5-7-12-8-9/h5-8,13H,4H2,1-3H3,(H,14,15). The van der Waals surface area contributed by atoms with Crippen molar-refractivity contribution < 1.29 is 4.79 Å². The zero-order valence-corrected chi connectivity index (χ0v) is 9.37. The number of aromatic nitrogens is 1.